The first-order valence-corrected chi connectivity index (χ1v) is 4.54. The molecule has 2 aliphatic rings. The molecule has 1 heterocycles. The molecule has 1 aliphatic carbocycles. The molecule has 1 aliphatic heterocycles. The van der Waals surface area contributed by atoms with Crippen molar-refractivity contribution in [3.05, 3.63) is 0 Å². The molecule has 3 atom stereocenters. The van der Waals surface area contributed by atoms with Gasteiger partial charge in [0.15, 0.2) is 6.10 Å². The Morgan fingerprint density at radius 1 is 1.50 bits per heavy atom. The van der Waals surface area contributed by atoms with Crippen molar-refractivity contribution in [1.82, 2.24) is 0 Å². The summed E-state index contributed by atoms with van der Waals surface area (Å²) >= 11 is 0. The predicted molar refractivity (Wildman–Crippen MR) is 42.6 cm³/mol. The van der Waals surface area contributed by atoms with Gasteiger partial charge in [-0.15, -0.1) is 0 Å². The lowest BCUT2D eigenvalue weighted by molar-refractivity contribution is -0.153. The maximum absolute atomic E-state index is 11.1. The first-order chi connectivity index (χ1) is 5.81. The topological polar surface area (TPSA) is 35.5 Å². The third-order valence-corrected chi connectivity index (χ3v) is 2.91. The summed E-state index contributed by atoms with van der Waals surface area (Å²) < 4.78 is 10.2. The summed E-state index contributed by atoms with van der Waals surface area (Å²) in [5, 5.41) is 0. The molecule has 2 fully saturated rings. The molecular formula is C9H14O3. The molecule has 0 aromatic carbocycles. The van der Waals surface area contributed by atoms with Crippen molar-refractivity contribution in [2.75, 3.05) is 7.11 Å². The van der Waals surface area contributed by atoms with E-state index in [0.717, 1.165) is 12.8 Å². The molecule has 3 heteroatoms. The van der Waals surface area contributed by atoms with E-state index >= 15 is 0 Å². The lowest BCUT2D eigenvalue weighted by Gasteiger charge is -2.09. The zero-order valence-electron chi connectivity index (χ0n) is 7.29. The van der Waals surface area contributed by atoms with Crippen LogP contribution in [0.3, 0.4) is 0 Å². The van der Waals surface area contributed by atoms with Gasteiger partial charge >= 0.3 is 5.97 Å². The van der Waals surface area contributed by atoms with E-state index in [4.69, 9.17) is 4.74 Å². The Kier molecular flexibility index (Phi) is 2.05. The quantitative estimate of drug-likeness (QED) is 0.553. The minimum absolute atomic E-state index is 0.204. The normalized spacial score (nSPS) is 39.6. The fourth-order valence-corrected chi connectivity index (χ4v) is 2.28. The second-order valence-corrected chi connectivity index (χ2v) is 3.61. The van der Waals surface area contributed by atoms with Crippen LogP contribution in [0.1, 0.15) is 25.7 Å². The van der Waals surface area contributed by atoms with Crippen molar-refractivity contribution in [2.24, 2.45) is 5.92 Å². The minimum Gasteiger partial charge on any atom is -0.467 e. The maximum atomic E-state index is 11.1. The molecule has 0 amide bonds. The molecule has 12 heavy (non-hydrogen) atoms. The highest BCUT2D eigenvalue weighted by atomic mass is 16.6. The standard InChI is InChI=1S/C9H14O3/c1-11-9(10)8-5-6-3-2-4-7(6)12-8/h6-8H,2-5H2,1H3/t6-,7-,8+/m1/s1. The van der Waals surface area contributed by atoms with Crippen LogP contribution in [-0.2, 0) is 14.3 Å². The van der Waals surface area contributed by atoms with E-state index in [0.29, 0.717) is 12.0 Å². The van der Waals surface area contributed by atoms with Gasteiger partial charge in [0.1, 0.15) is 0 Å². The number of esters is 1. The Morgan fingerprint density at radius 2 is 2.33 bits per heavy atom. The highest BCUT2D eigenvalue weighted by molar-refractivity contribution is 5.74. The van der Waals surface area contributed by atoms with Crippen LogP contribution in [0.15, 0.2) is 0 Å². The van der Waals surface area contributed by atoms with Crippen LogP contribution in [0.25, 0.3) is 0 Å². The molecule has 2 rings (SSSR count). The van der Waals surface area contributed by atoms with Crippen LogP contribution in [0.5, 0.6) is 0 Å². The van der Waals surface area contributed by atoms with E-state index in [9.17, 15) is 4.79 Å². The SMILES string of the molecule is COC(=O)[C@@H]1C[C@H]2CCC[C@H]2O1. The number of hydrogen-bond donors (Lipinski definition) is 0. The van der Waals surface area contributed by atoms with Gasteiger partial charge in [-0.2, -0.15) is 0 Å². The van der Waals surface area contributed by atoms with Crippen molar-refractivity contribution < 1.29 is 14.3 Å². The van der Waals surface area contributed by atoms with Crippen LogP contribution < -0.4 is 0 Å². The van der Waals surface area contributed by atoms with Crippen molar-refractivity contribution in [3.63, 3.8) is 0 Å². The van der Waals surface area contributed by atoms with Crippen LogP contribution in [0, 0.1) is 5.92 Å². The van der Waals surface area contributed by atoms with Gasteiger partial charge < -0.3 is 9.47 Å². The molecule has 0 aromatic rings. The predicted octanol–water partition coefficient (Wildman–Crippen LogP) is 1.12. The van der Waals surface area contributed by atoms with Crippen molar-refractivity contribution in [3.8, 4) is 0 Å². The van der Waals surface area contributed by atoms with Crippen molar-refractivity contribution in [2.45, 2.75) is 37.9 Å². The molecular weight excluding hydrogens is 156 g/mol. The fraction of sp³-hybridized carbons (Fsp3) is 0.889. The van der Waals surface area contributed by atoms with Crippen LogP contribution in [0.2, 0.25) is 0 Å². The van der Waals surface area contributed by atoms with E-state index in [1.807, 2.05) is 0 Å². The number of carbonyl (C=O) groups is 1. The first kappa shape index (κ1) is 8.05. The monoisotopic (exact) mass is 170 g/mol. The van der Waals surface area contributed by atoms with Gasteiger partial charge in [0.25, 0.3) is 0 Å². The molecule has 0 N–H and O–H groups in total. The number of ether oxygens (including phenoxy) is 2. The summed E-state index contributed by atoms with van der Waals surface area (Å²) in [6, 6.07) is 0. The first-order valence-electron chi connectivity index (χ1n) is 4.54. The number of methoxy groups -OCH3 is 1. The summed E-state index contributed by atoms with van der Waals surface area (Å²) in [5.41, 5.74) is 0. The third kappa shape index (κ3) is 1.22. The lowest BCUT2D eigenvalue weighted by atomic mass is 10.0. The van der Waals surface area contributed by atoms with Gasteiger partial charge in [-0.3, -0.25) is 0 Å². The Hall–Kier alpha value is -0.570. The van der Waals surface area contributed by atoms with Crippen molar-refractivity contribution >= 4 is 5.97 Å². The van der Waals surface area contributed by atoms with Crippen LogP contribution >= 0.6 is 0 Å². The smallest absolute Gasteiger partial charge is 0.334 e. The molecule has 68 valence electrons. The van der Waals surface area contributed by atoms with Gasteiger partial charge in [-0.05, 0) is 25.2 Å². The number of hydrogen-bond acceptors (Lipinski definition) is 3. The summed E-state index contributed by atoms with van der Waals surface area (Å²) in [7, 11) is 1.42. The van der Waals surface area contributed by atoms with E-state index in [-0.39, 0.29) is 12.1 Å². The Labute approximate surface area is 72.0 Å². The summed E-state index contributed by atoms with van der Waals surface area (Å²) in [4.78, 5) is 11.1. The molecule has 3 nitrogen and oxygen atoms in total. The van der Waals surface area contributed by atoms with E-state index in [1.165, 1.54) is 20.0 Å². The molecule has 1 saturated carbocycles. The van der Waals surface area contributed by atoms with Crippen LogP contribution in [-0.4, -0.2) is 25.3 Å². The van der Waals surface area contributed by atoms with E-state index in [2.05, 4.69) is 4.74 Å². The second-order valence-electron chi connectivity index (χ2n) is 3.61. The van der Waals surface area contributed by atoms with Gasteiger partial charge in [0.05, 0.1) is 13.2 Å². The van der Waals surface area contributed by atoms with Gasteiger partial charge in [-0.25, -0.2) is 4.79 Å². The Bertz CT molecular complexity index is 178. The molecule has 0 radical (unpaired) electrons. The average Bonchev–Trinajstić information content (AvgIpc) is 2.60. The summed E-state index contributed by atoms with van der Waals surface area (Å²) in [6.07, 6.45) is 4.54. The van der Waals surface area contributed by atoms with Gasteiger partial charge in [0, 0.05) is 0 Å². The molecule has 0 unspecified atom stereocenters. The van der Waals surface area contributed by atoms with E-state index < -0.39 is 0 Å². The highest BCUT2D eigenvalue weighted by Gasteiger charge is 2.41. The highest BCUT2D eigenvalue weighted by Crippen LogP contribution is 2.38. The van der Waals surface area contributed by atoms with Gasteiger partial charge in [0.2, 0.25) is 0 Å². The Morgan fingerprint density at radius 3 is 3.00 bits per heavy atom. The zero-order valence-corrected chi connectivity index (χ0v) is 7.29. The number of rotatable bonds is 1. The second kappa shape index (κ2) is 3.05. The average molecular weight is 170 g/mol. The third-order valence-electron chi connectivity index (χ3n) is 2.91. The molecule has 1 saturated heterocycles. The zero-order chi connectivity index (χ0) is 8.55. The summed E-state index contributed by atoms with van der Waals surface area (Å²) in [5.74, 6) is 0.415. The summed E-state index contributed by atoms with van der Waals surface area (Å²) in [6.45, 7) is 0. The van der Waals surface area contributed by atoms with Crippen molar-refractivity contribution in [1.29, 1.82) is 0 Å². The van der Waals surface area contributed by atoms with Crippen LogP contribution in [0.4, 0.5) is 0 Å². The fourth-order valence-electron chi connectivity index (χ4n) is 2.28. The molecule has 0 spiro atoms. The van der Waals surface area contributed by atoms with E-state index in [1.54, 1.807) is 0 Å². The molecule has 0 bridgehead atoms. The number of carbonyl (C=O) groups excluding carboxylic acids is 1. The number of fused-ring (bicyclic) bond motifs is 1. The Balaban J connectivity index is 1.94. The van der Waals surface area contributed by atoms with Gasteiger partial charge in [-0.1, -0.05) is 6.42 Å². The largest absolute Gasteiger partial charge is 0.467 e. The maximum Gasteiger partial charge on any atom is 0.334 e. The minimum atomic E-state index is -0.273. The molecule has 0 aromatic heterocycles. The lowest BCUT2D eigenvalue weighted by Crippen LogP contribution is -2.22.